The number of halogens is 1. The Morgan fingerprint density at radius 2 is 1.78 bits per heavy atom. The number of hydrogen-bond donors (Lipinski definition) is 1. The largest absolute Gasteiger partial charge is 0.479 e. The van der Waals surface area contributed by atoms with E-state index >= 15 is 0 Å². The Morgan fingerprint density at radius 1 is 1.12 bits per heavy atom. The summed E-state index contributed by atoms with van der Waals surface area (Å²) in [4.78, 5) is 19.6. The summed E-state index contributed by atoms with van der Waals surface area (Å²) in [6, 6.07) is 13.6. The Kier molecular flexibility index (Phi) is 6.15. The summed E-state index contributed by atoms with van der Waals surface area (Å²) in [7, 11) is 0. The first-order valence-electron chi connectivity index (χ1n) is 11.0. The van der Waals surface area contributed by atoms with Crippen LogP contribution in [0.5, 0.6) is 0 Å². The molecule has 5 nitrogen and oxygen atoms in total. The number of rotatable bonds is 5. The third-order valence-corrected chi connectivity index (χ3v) is 6.00. The van der Waals surface area contributed by atoms with Crippen LogP contribution >= 0.6 is 11.6 Å². The van der Waals surface area contributed by atoms with E-state index in [9.17, 15) is 9.90 Å². The Bertz CT molecular complexity index is 1150. The second kappa shape index (κ2) is 8.72. The maximum absolute atomic E-state index is 12.4. The molecule has 32 heavy (non-hydrogen) atoms. The van der Waals surface area contributed by atoms with Gasteiger partial charge in [0.25, 0.3) is 0 Å². The van der Waals surface area contributed by atoms with Crippen molar-refractivity contribution in [3.05, 3.63) is 58.6 Å². The van der Waals surface area contributed by atoms with Gasteiger partial charge in [0, 0.05) is 29.1 Å². The number of anilines is 1. The summed E-state index contributed by atoms with van der Waals surface area (Å²) < 4.78 is 6.05. The predicted octanol–water partition coefficient (Wildman–Crippen LogP) is 6.40. The van der Waals surface area contributed by atoms with Crippen molar-refractivity contribution >= 4 is 34.3 Å². The molecule has 0 aliphatic carbocycles. The molecule has 1 saturated heterocycles. The van der Waals surface area contributed by atoms with Gasteiger partial charge in [0.1, 0.15) is 5.82 Å². The van der Waals surface area contributed by atoms with Gasteiger partial charge in [-0.1, -0.05) is 23.7 Å². The standard InChI is InChI=1S/C26H29ClN2O3/c1-16-15-20-19(11-12-21(28-20)29-13-5-6-14-29)23(17-7-9-18(27)10-8-17)22(16)24(25(30)31)32-26(2,3)4/h7-12,15,24H,5-6,13-14H2,1-4H3,(H,30,31)/t24-/m0/s1. The van der Waals surface area contributed by atoms with E-state index in [0.717, 1.165) is 46.5 Å². The molecule has 168 valence electrons. The lowest BCUT2D eigenvalue weighted by Crippen LogP contribution is -2.28. The SMILES string of the molecule is Cc1cc2nc(N3CCCC3)ccc2c(-c2ccc(Cl)cc2)c1[C@H](OC(C)(C)C)C(=O)O. The molecule has 4 rings (SSSR count). The molecule has 1 aromatic heterocycles. The van der Waals surface area contributed by atoms with Crippen molar-refractivity contribution in [2.45, 2.75) is 52.2 Å². The number of carbonyl (C=O) groups is 1. The third-order valence-electron chi connectivity index (χ3n) is 5.75. The molecule has 3 aromatic rings. The summed E-state index contributed by atoms with van der Waals surface area (Å²) in [5.74, 6) is -0.0517. The lowest BCUT2D eigenvalue weighted by molar-refractivity contribution is -0.160. The Morgan fingerprint density at radius 3 is 2.38 bits per heavy atom. The number of hydrogen-bond acceptors (Lipinski definition) is 4. The van der Waals surface area contributed by atoms with E-state index in [1.807, 2.05) is 64.1 Å². The number of ether oxygens (including phenoxy) is 1. The fraction of sp³-hybridized carbons (Fsp3) is 0.385. The summed E-state index contributed by atoms with van der Waals surface area (Å²) >= 11 is 6.15. The quantitative estimate of drug-likeness (QED) is 0.485. The number of aromatic nitrogens is 1. The van der Waals surface area contributed by atoms with E-state index < -0.39 is 17.7 Å². The molecular weight excluding hydrogens is 424 g/mol. The van der Waals surface area contributed by atoms with Gasteiger partial charge in [0.2, 0.25) is 0 Å². The van der Waals surface area contributed by atoms with Gasteiger partial charge in [-0.25, -0.2) is 9.78 Å². The molecule has 1 N–H and O–H groups in total. The zero-order chi connectivity index (χ0) is 23.0. The van der Waals surface area contributed by atoms with Crippen LogP contribution < -0.4 is 4.90 Å². The topological polar surface area (TPSA) is 62.7 Å². The molecule has 0 spiro atoms. The molecule has 0 amide bonds. The van der Waals surface area contributed by atoms with Gasteiger partial charge < -0.3 is 14.7 Å². The van der Waals surface area contributed by atoms with E-state index in [2.05, 4.69) is 11.0 Å². The average Bonchev–Trinajstić information content (AvgIpc) is 3.26. The van der Waals surface area contributed by atoms with Crippen LogP contribution in [0.3, 0.4) is 0 Å². The highest BCUT2D eigenvalue weighted by Crippen LogP contribution is 2.41. The van der Waals surface area contributed by atoms with Gasteiger partial charge in [-0.3, -0.25) is 0 Å². The number of fused-ring (bicyclic) bond motifs is 1. The van der Waals surface area contributed by atoms with Crippen molar-refractivity contribution < 1.29 is 14.6 Å². The fourth-order valence-corrected chi connectivity index (χ4v) is 4.51. The Labute approximate surface area is 194 Å². The van der Waals surface area contributed by atoms with Crippen LogP contribution in [-0.2, 0) is 9.53 Å². The molecule has 6 heteroatoms. The van der Waals surface area contributed by atoms with E-state index in [1.54, 1.807) is 0 Å². The van der Waals surface area contributed by atoms with Gasteiger partial charge >= 0.3 is 5.97 Å². The number of aliphatic carboxylic acids is 1. The highest BCUT2D eigenvalue weighted by molar-refractivity contribution is 6.30. The minimum absolute atomic E-state index is 0.625. The van der Waals surface area contributed by atoms with E-state index in [-0.39, 0.29) is 0 Å². The molecule has 0 saturated carbocycles. The van der Waals surface area contributed by atoms with Crippen LogP contribution in [0, 0.1) is 6.92 Å². The maximum Gasteiger partial charge on any atom is 0.337 e. The van der Waals surface area contributed by atoms with Gasteiger partial charge in [-0.15, -0.1) is 0 Å². The lowest BCUT2D eigenvalue weighted by atomic mass is 9.88. The predicted molar refractivity (Wildman–Crippen MR) is 130 cm³/mol. The molecule has 1 aliphatic heterocycles. The van der Waals surface area contributed by atoms with E-state index in [1.165, 1.54) is 12.8 Å². The van der Waals surface area contributed by atoms with Crippen LogP contribution in [0.15, 0.2) is 42.5 Å². The highest BCUT2D eigenvalue weighted by atomic mass is 35.5. The summed E-state index contributed by atoms with van der Waals surface area (Å²) in [6.07, 6.45) is 1.25. The Hall–Kier alpha value is -2.63. The van der Waals surface area contributed by atoms with Crippen molar-refractivity contribution in [2.75, 3.05) is 18.0 Å². The first kappa shape index (κ1) is 22.6. The maximum atomic E-state index is 12.4. The first-order chi connectivity index (χ1) is 15.1. The number of aryl methyl sites for hydroxylation is 1. The second-order valence-corrected chi connectivity index (χ2v) is 9.80. The third kappa shape index (κ3) is 4.59. The summed E-state index contributed by atoms with van der Waals surface area (Å²) in [5, 5.41) is 11.7. The van der Waals surface area contributed by atoms with Gasteiger partial charge in [-0.05, 0) is 87.6 Å². The van der Waals surface area contributed by atoms with Gasteiger partial charge in [-0.2, -0.15) is 0 Å². The number of carboxylic acid groups (broad SMARTS) is 1. The van der Waals surface area contributed by atoms with Crippen LogP contribution in [0.1, 0.15) is 50.8 Å². The van der Waals surface area contributed by atoms with Crippen molar-refractivity contribution in [3.8, 4) is 11.1 Å². The van der Waals surface area contributed by atoms with Crippen LogP contribution in [0.4, 0.5) is 5.82 Å². The van der Waals surface area contributed by atoms with Crippen molar-refractivity contribution in [3.63, 3.8) is 0 Å². The van der Waals surface area contributed by atoms with Crippen molar-refractivity contribution in [1.82, 2.24) is 4.98 Å². The smallest absolute Gasteiger partial charge is 0.337 e. The molecule has 2 heterocycles. The average molecular weight is 453 g/mol. The normalized spacial score (nSPS) is 15.3. The molecule has 0 unspecified atom stereocenters. The molecule has 1 aliphatic rings. The van der Waals surface area contributed by atoms with Crippen LogP contribution in [-0.4, -0.2) is 34.8 Å². The first-order valence-corrected chi connectivity index (χ1v) is 11.4. The zero-order valence-electron chi connectivity index (χ0n) is 19.0. The fourth-order valence-electron chi connectivity index (χ4n) is 4.38. The zero-order valence-corrected chi connectivity index (χ0v) is 19.7. The minimum atomic E-state index is -1.11. The summed E-state index contributed by atoms with van der Waals surface area (Å²) in [6.45, 7) is 9.56. The molecule has 0 radical (unpaired) electrons. The molecular formula is C26H29ClN2O3. The van der Waals surface area contributed by atoms with E-state index in [0.29, 0.717) is 10.6 Å². The van der Waals surface area contributed by atoms with Gasteiger partial charge in [0.15, 0.2) is 6.10 Å². The van der Waals surface area contributed by atoms with Gasteiger partial charge in [0.05, 0.1) is 11.1 Å². The Balaban J connectivity index is 1.98. The number of pyridine rings is 1. The van der Waals surface area contributed by atoms with Crippen molar-refractivity contribution in [2.24, 2.45) is 0 Å². The second-order valence-electron chi connectivity index (χ2n) is 9.37. The van der Waals surface area contributed by atoms with Crippen molar-refractivity contribution in [1.29, 1.82) is 0 Å². The molecule has 1 fully saturated rings. The number of nitrogens with zero attached hydrogens (tertiary/aromatic N) is 2. The lowest BCUT2D eigenvalue weighted by Gasteiger charge is -2.28. The monoisotopic (exact) mass is 452 g/mol. The van der Waals surface area contributed by atoms with Crippen LogP contribution in [0.2, 0.25) is 5.02 Å². The highest BCUT2D eigenvalue weighted by Gasteiger charge is 2.32. The van der Waals surface area contributed by atoms with Crippen LogP contribution in [0.25, 0.3) is 22.0 Å². The minimum Gasteiger partial charge on any atom is -0.479 e. The molecule has 2 aromatic carbocycles. The molecule has 1 atom stereocenters. The van der Waals surface area contributed by atoms with E-state index in [4.69, 9.17) is 21.3 Å². The molecule has 0 bridgehead atoms. The number of carboxylic acids is 1. The summed E-state index contributed by atoms with van der Waals surface area (Å²) in [5.41, 5.74) is 3.43. The number of benzene rings is 2.